The molecular formula is C19H17N5O3S. The van der Waals surface area contributed by atoms with Crippen molar-refractivity contribution in [1.29, 1.82) is 0 Å². The first-order chi connectivity index (χ1) is 13.7. The monoisotopic (exact) mass is 395 g/mol. The number of nitrogens with one attached hydrogen (secondary N) is 1. The van der Waals surface area contributed by atoms with Gasteiger partial charge in [0.15, 0.2) is 5.82 Å². The van der Waals surface area contributed by atoms with Crippen LogP contribution in [0.5, 0.6) is 11.5 Å². The quantitative estimate of drug-likeness (QED) is 0.537. The number of benzene rings is 2. The molecule has 0 saturated carbocycles. The number of nitrogens with zero attached hydrogens (tertiary/aromatic N) is 4. The van der Waals surface area contributed by atoms with Gasteiger partial charge in [-0.25, -0.2) is 0 Å². The smallest absolute Gasteiger partial charge is 0.257 e. The van der Waals surface area contributed by atoms with Gasteiger partial charge in [0, 0.05) is 11.1 Å². The fourth-order valence-corrected chi connectivity index (χ4v) is 3.38. The average molecular weight is 395 g/mol. The number of carbonyl (C=O) groups excluding carboxylic acids is 1. The van der Waals surface area contributed by atoms with Crippen LogP contribution in [0.15, 0.2) is 48.5 Å². The Morgan fingerprint density at radius 3 is 2.71 bits per heavy atom. The third-order valence-corrected chi connectivity index (χ3v) is 4.78. The normalized spacial score (nSPS) is 10.8. The van der Waals surface area contributed by atoms with Crippen molar-refractivity contribution in [3.05, 3.63) is 54.1 Å². The fourth-order valence-electron chi connectivity index (χ4n) is 2.65. The molecule has 0 fully saturated rings. The lowest BCUT2D eigenvalue weighted by Crippen LogP contribution is -2.12. The lowest BCUT2D eigenvalue weighted by atomic mass is 10.2. The van der Waals surface area contributed by atoms with Crippen LogP contribution in [0.2, 0.25) is 0 Å². The van der Waals surface area contributed by atoms with Crippen molar-refractivity contribution in [2.45, 2.75) is 6.92 Å². The summed E-state index contributed by atoms with van der Waals surface area (Å²) < 4.78 is 12.2. The molecule has 4 aromatic rings. The predicted octanol–water partition coefficient (Wildman–Crippen LogP) is 3.51. The number of anilines is 1. The minimum atomic E-state index is -0.254. The Balaban J connectivity index is 1.56. The molecule has 1 amide bonds. The van der Waals surface area contributed by atoms with Crippen LogP contribution in [0.25, 0.3) is 16.3 Å². The predicted molar refractivity (Wildman–Crippen MR) is 106 cm³/mol. The van der Waals surface area contributed by atoms with Crippen molar-refractivity contribution >= 4 is 27.3 Å². The zero-order valence-electron chi connectivity index (χ0n) is 15.2. The lowest BCUT2D eigenvalue weighted by Gasteiger charge is -2.04. The second kappa shape index (κ2) is 7.65. The highest BCUT2D eigenvalue weighted by Gasteiger charge is 2.16. The van der Waals surface area contributed by atoms with Crippen LogP contribution < -0.4 is 14.8 Å². The molecule has 8 nitrogen and oxygen atoms in total. The Morgan fingerprint density at radius 1 is 1.14 bits per heavy atom. The van der Waals surface area contributed by atoms with Crippen LogP contribution in [0.3, 0.4) is 0 Å². The minimum absolute atomic E-state index is 0.254. The summed E-state index contributed by atoms with van der Waals surface area (Å²) in [6.45, 7) is 2.49. The summed E-state index contributed by atoms with van der Waals surface area (Å²) >= 11 is 1.25. The van der Waals surface area contributed by atoms with E-state index in [4.69, 9.17) is 9.47 Å². The SMILES string of the molecule is CCOc1ccc(C(=O)Nc2nn3c(-c4cccc(OC)c4)nnc3s2)cc1. The molecule has 0 aliphatic carbocycles. The maximum Gasteiger partial charge on any atom is 0.257 e. The highest BCUT2D eigenvalue weighted by Crippen LogP contribution is 2.26. The third kappa shape index (κ3) is 3.52. The van der Waals surface area contributed by atoms with Crippen LogP contribution in [-0.4, -0.2) is 39.4 Å². The van der Waals surface area contributed by atoms with Crippen LogP contribution in [0.1, 0.15) is 17.3 Å². The second-order valence-electron chi connectivity index (χ2n) is 5.77. The molecule has 0 aliphatic heterocycles. The molecule has 2 heterocycles. The Kier molecular flexibility index (Phi) is 4.90. The van der Waals surface area contributed by atoms with Crippen molar-refractivity contribution < 1.29 is 14.3 Å². The first kappa shape index (κ1) is 17.9. The number of rotatable bonds is 6. The van der Waals surface area contributed by atoms with E-state index in [1.807, 2.05) is 31.2 Å². The van der Waals surface area contributed by atoms with Crippen molar-refractivity contribution in [2.75, 3.05) is 19.0 Å². The van der Waals surface area contributed by atoms with Crippen LogP contribution in [0, 0.1) is 0 Å². The number of aromatic nitrogens is 4. The van der Waals surface area contributed by atoms with Gasteiger partial charge in [-0.05, 0) is 43.3 Å². The standard InChI is InChI=1S/C19H17N5O3S/c1-3-27-14-9-7-12(8-10-14)17(25)20-18-23-24-16(21-22-19(24)28-18)13-5-4-6-15(11-13)26-2/h4-11H,3H2,1-2H3,(H,20,23,25). The fraction of sp³-hybridized carbons (Fsp3) is 0.158. The maximum absolute atomic E-state index is 12.5. The number of hydrogen-bond acceptors (Lipinski definition) is 7. The first-order valence-electron chi connectivity index (χ1n) is 8.59. The number of amides is 1. The van der Waals surface area contributed by atoms with Crippen molar-refractivity contribution in [3.63, 3.8) is 0 Å². The highest BCUT2D eigenvalue weighted by atomic mass is 32.1. The number of fused-ring (bicyclic) bond motifs is 1. The van der Waals surface area contributed by atoms with E-state index in [0.29, 0.717) is 33.8 Å². The van der Waals surface area contributed by atoms with Gasteiger partial charge in [0.25, 0.3) is 5.91 Å². The van der Waals surface area contributed by atoms with Gasteiger partial charge in [-0.1, -0.05) is 23.5 Å². The summed E-state index contributed by atoms with van der Waals surface area (Å²) in [4.78, 5) is 13.1. The maximum atomic E-state index is 12.5. The zero-order valence-corrected chi connectivity index (χ0v) is 16.1. The molecule has 0 radical (unpaired) electrons. The number of hydrogen-bond donors (Lipinski definition) is 1. The molecule has 2 aromatic heterocycles. The van der Waals surface area contributed by atoms with E-state index in [-0.39, 0.29) is 5.91 Å². The lowest BCUT2D eigenvalue weighted by molar-refractivity contribution is 0.102. The second-order valence-corrected chi connectivity index (χ2v) is 6.72. The molecule has 0 spiro atoms. The molecule has 0 atom stereocenters. The molecule has 1 N–H and O–H groups in total. The molecule has 142 valence electrons. The van der Waals surface area contributed by atoms with Crippen LogP contribution in [0.4, 0.5) is 5.13 Å². The van der Waals surface area contributed by atoms with E-state index in [1.165, 1.54) is 11.3 Å². The van der Waals surface area contributed by atoms with Gasteiger partial charge >= 0.3 is 0 Å². The average Bonchev–Trinajstić information content (AvgIpc) is 3.29. The summed E-state index contributed by atoms with van der Waals surface area (Å²) in [5, 5.41) is 16.0. The van der Waals surface area contributed by atoms with Crippen molar-refractivity contribution in [3.8, 4) is 22.9 Å². The Hall–Kier alpha value is -3.46. The van der Waals surface area contributed by atoms with Gasteiger partial charge < -0.3 is 9.47 Å². The first-order valence-corrected chi connectivity index (χ1v) is 9.40. The summed E-state index contributed by atoms with van der Waals surface area (Å²) in [7, 11) is 1.61. The molecule has 0 unspecified atom stereocenters. The topological polar surface area (TPSA) is 90.6 Å². The third-order valence-electron chi connectivity index (χ3n) is 3.97. The molecular weight excluding hydrogens is 378 g/mol. The van der Waals surface area contributed by atoms with Gasteiger partial charge in [-0.15, -0.1) is 15.3 Å². The highest BCUT2D eigenvalue weighted by molar-refractivity contribution is 7.20. The van der Waals surface area contributed by atoms with Crippen LogP contribution >= 0.6 is 11.3 Å². The van der Waals surface area contributed by atoms with Crippen molar-refractivity contribution in [1.82, 2.24) is 19.8 Å². The number of ether oxygens (including phenoxy) is 2. The van der Waals surface area contributed by atoms with E-state index >= 15 is 0 Å². The van der Waals surface area contributed by atoms with E-state index in [0.717, 1.165) is 11.3 Å². The van der Waals surface area contributed by atoms with Crippen molar-refractivity contribution in [2.24, 2.45) is 0 Å². The van der Waals surface area contributed by atoms with Gasteiger partial charge in [0.2, 0.25) is 10.1 Å². The van der Waals surface area contributed by atoms with Crippen LogP contribution in [-0.2, 0) is 0 Å². The Labute approximate surface area is 164 Å². The molecule has 9 heteroatoms. The zero-order chi connectivity index (χ0) is 19.5. The molecule has 4 rings (SSSR count). The summed E-state index contributed by atoms with van der Waals surface area (Å²) in [6, 6.07) is 14.4. The molecule has 0 saturated heterocycles. The Bertz CT molecular complexity index is 1120. The summed E-state index contributed by atoms with van der Waals surface area (Å²) in [6.07, 6.45) is 0. The molecule has 0 bridgehead atoms. The van der Waals surface area contributed by atoms with E-state index in [9.17, 15) is 4.79 Å². The number of methoxy groups -OCH3 is 1. The number of carbonyl (C=O) groups is 1. The van der Waals surface area contributed by atoms with E-state index in [2.05, 4.69) is 20.6 Å². The Morgan fingerprint density at radius 2 is 1.96 bits per heavy atom. The van der Waals surface area contributed by atoms with Gasteiger partial charge in [-0.3, -0.25) is 10.1 Å². The summed E-state index contributed by atoms with van der Waals surface area (Å²) in [5.74, 6) is 1.76. The molecule has 0 aliphatic rings. The molecule has 2 aromatic carbocycles. The van der Waals surface area contributed by atoms with Gasteiger partial charge in [-0.2, -0.15) is 4.52 Å². The van der Waals surface area contributed by atoms with Gasteiger partial charge in [0.1, 0.15) is 11.5 Å². The largest absolute Gasteiger partial charge is 0.497 e. The van der Waals surface area contributed by atoms with E-state index < -0.39 is 0 Å². The molecule has 28 heavy (non-hydrogen) atoms. The minimum Gasteiger partial charge on any atom is -0.497 e. The van der Waals surface area contributed by atoms with Gasteiger partial charge in [0.05, 0.1) is 13.7 Å². The summed E-state index contributed by atoms with van der Waals surface area (Å²) in [5.41, 5.74) is 1.34. The van der Waals surface area contributed by atoms with E-state index in [1.54, 1.807) is 35.9 Å².